The van der Waals surface area contributed by atoms with E-state index < -0.39 is 0 Å². The van der Waals surface area contributed by atoms with E-state index in [1.165, 1.54) is 4.88 Å². The SMILES string of the molecule is CNC(c1ccc2c(c1)CC(=O)N2)c1ccc(Cl)s1. The first kappa shape index (κ1) is 12.7. The number of rotatable bonds is 3. The second-order valence-electron chi connectivity index (χ2n) is 4.51. The molecule has 0 radical (unpaired) electrons. The monoisotopic (exact) mass is 292 g/mol. The summed E-state index contributed by atoms with van der Waals surface area (Å²) in [7, 11) is 1.93. The Kier molecular flexibility index (Phi) is 3.31. The molecule has 2 aromatic rings. The second kappa shape index (κ2) is 4.96. The van der Waals surface area contributed by atoms with Gasteiger partial charge in [0.05, 0.1) is 16.8 Å². The van der Waals surface area contributed by atoms with Crippen LogP contribution >= 0.6 is 22.9 Å². The van der Waals surface area contributed by atoms with Gasteiger partial charge in [0.1, 0.15) is 0 Å². The number of carbonyl (C=O) groups is 1. The summed E-state index contributed by atoms with van der Waals surface area (Å²) in [6.07, 6.45) is 0.463. The van der Waals surface area contributed by atoms with Crippen molar-refractivity contribution in [1.82, 2.24) is 5.32 Å². The van der Waals surface area contributed by atoms with Gasteiger partial charge in [-0.05, 0) is 36.4 Å². The minimum atomic E-state index is 0.0623. The molecule has 0 bridgehead atoms. The van der Waals surface area contributed by atoms with Gasteiger partial charge in [0.25, 0.3) is 0 Å². The first-order valence-corrected chi connectivity index (χ1v) is 7.22. The Morgan fingerprint density at radius 3 is 2.89 bits per heavy atom. The van der Waals surface area contributed by atoms with Crippen molar-refractivity contribution in [3.63, 3.8) is 0 Å². The van der Waals surface area contributed by atoms with Crippen molar-refractivity contribution in [1.29, 1.82) is 0 Å². The van der Waals surface area contributed by atoms with Gasteiger partial charge in [-0.25, -0.2) is 0 Å². The van der Waals surface area contributed by atoms with Gasteiger partial charge in [0.2, 0.25) is 5.91 Å². The Balaban J connectivity index is 1.97. The molecule has 0 saturated heterocycles. The van der Waals surface area contributed by atoms with E-state index >= 15 is 0 Å². The van der Waals surface area contributed by atoms with Crippen molar-refractivity contribution < 1.29 is 4.79 Å². The normalized spacial score (nSPS) is 15.2. The van der Waals surface area contributed by atoms with Crippen LogP contribution in [0.15, 0.2) is 30.3 Å². The third-order valence-electron chi connectivity index (χ3n) is 3.25. The van der Waals surface area contributed by atoms with Crippen LogP contribution < -0.4 is 10.6 Å². The quantitative estimate of drug-likeness (QED) is 0.912. The van der Waals surface area contributed by atoms with E-state index in [0.29, 0.717) is 6.42 Å². The number of carbonyl (C=O) groups excluding carboxylic acids is 1. The van der Waals surface area contributed by atoms with Gasteiger partial charge < -0.3 is 10.6 Å². The number of hydrogen-bond donors (Lipinski definition) is 2. The number of nitrogens with one attached hydrogen (secondary N) is 2. The fourth-order valence-corrected chi connectivity index (χ4v) is 3.58. The van der Waals surface area contributed by atoms with Crippen molar-refractivity contribution in [2.45, 2.75) is 12.5 Å². The highest BCUT2D eigenvalue weighted by atomic mass is 35.5. The molecule has 0 spiro atoms. The fourth-order valence-electron chi connectivity index (χ4n) is 2.39. The Labute approximate surface area is 120 Å². The van der Waals surface area contributed by atoms with E-state index in [1.54, 1.807) is 11.3 Å². The zero-order chi connectivity index (χ0) is 13.4. The Hall–Kier alpha value is -1.36. The predicted octanol–water partition coefficient (Wildman–Crippen LogP) is 3.20. The molecule has 98 valence electrons. The number of fused-ring (bicyclic) bond motifs is 1. The largest absolute Gasteiger partial charge is 0.326 e. The molecule has 1 aromatic carbocycles. The van der Waals surface area contributed by atoms with Gasteiger partial charge in [-0.15, -0.1) is 11.3 Å². The van der Waals surface area contributed by atoms with Crippen molar-refractivity contribution in [2.75, 3.05) is 12.4 Å². The number of amides is 1. The molecule has 1 atom stereocenters. The number of thiophene rings is 1. The molecular weight excluding hydrogens is 280 g/mol. The van der Waals surface area contributed by atoms with E-state index in [1.807, 2.05) is 31.3 Å². The van der Waals surface area contributed by atoms with Gasteiger partial charge in [-0.1, -0.05) is 23.7 Å². The smallest absolute Gasteiger partial charge is 0.228 e. The molecular formula is C14H13ClN2OS. The van der Waals surface area contributed by atoms with E-state index in [4.69, 9.17) is 11.6 Å². The van der Waals surface area contributed by atoms with Crippen LogP contribution in [0.25, 0.3) is 0 Å². The molecule has 1 unspecified atom stereocenters. The number of halogens is 1. The molecule has 3 rings (SSSR count). The minimum Gasteiger partial charge on any atom is -0.326 e. The summed E-state index contributed by atoms with van der Waals surface area (Å²) < 4.78 is 0.785. The molecule has 0 saturated carbocycles. The number of benzene rings is 1. The zero-order valence-corrected chi connectivity index (χ0v) is 11.9. The van der Waals surface area contributed by atoms with E-state index in [2.05, 4.69) is 16.7 Å². The average molecular weight is 293 g/mol. The number of anilines is 1. The molecule has 5 heteroatoms. The van der Waals surface area contributed by atoms with Crippen molar-refractivity contribution in [2.24, 2.45) is 0 Å². The first-order valence-electron chi connectivity index (χ1n) is 6.02. The highest BCUT2D eigenvalue weighted by Crippen LogP contribution is 2.33. The maximum absolute atomic E-state index is 11.4. The summed E-state index contributed by atoms with van der Waals surface area (Å²) in [6.45, 7) is 0. The number of hydrogen-bond acceptors (Lipinski definition) is 3. The second-order valence-corrected chi connectivity index (χ2v) is 6.25. The van der Waals surface area contributed by atoms with E-state index in [0.717, 1.165) is 21.2 Å². The maximum Gasteiger partial charge on any atom is 0.228 e. The van der Waals surface area contributed by atoms with Crippen LogP contribution in [0.4, 0.5) is 5.69 Å². The third-order valence-corrected chi connectivity index (χ3v) is 4.55. The van der Waals surface area contributed by atoms with Crippen LogP contribution in [0.3, 0.4) is 0 Å². The Bertz CT molecular complexity index is 638. The topological polar surface area (TPSA) is 41.1 Å². The van der Waals surface area contributed by atoms with Gasteiger partial charge in [-0.2, -0.15) is 0 Å². The maximum atomic E-state index is 11.4. The summed E-state index contributed by atoms with van der Waals surface area (Å²) in [5.41, 5.74) is 3.13. The highest BCUT2D eigenvalue weighted by molar-refractivity contribution is 7.16. The summed E-state index contributed by atoms with van der Waals surface area (Å²) in [5.74, 6) is 0.0623. The summed E-state index contributed by atoms with van der Waals surface area (Å²) in [4.78, 5) is 12.6. The fraction of sp³-hybridized carbons (Fsp3) is 0.214. The molecule has 1 aromatic heterocycles. The van der Waals surface area contributed by atoms with Gasteiger partial charge in [0, 0.05) is 10.6 Å². The van der Waals surface area contributed by atoms with Crippen LogP contribution in [0.2, 0.25) is 4.34 Å². The summed E-state index contributed by atoms with van der Waals surface area (Å²) >= 11 is 7.57. The minimum absolute atomic E-state index is 0.0623. The van der Waals surface area contributed by atoms with Gasteiger partial charge in [-0.3, -0.25) is 4.79 Å². The lowest BCUT2D eigenvalue weighted by molar-refractivity contribution is -0.115. The van der Waals surface area contributed by atoms with Crippen molar-refractivity contribution in [3.8, 4) is 0 Å². The van der Waals surface area contributed by atoms with Gasteiger partial charge in [0.15, 0.2) is 0 Å². The van der Waals surface area contributed by atoms with Crippen LogP contribution in [-0.4, -0.2) is 13.0 Å². The predicted molar refractivity (Wildman–Crippen MR) is 79.0 cm³/mol. The molecule has 2 N–H and O–H groups in total. The van der Waals surface area contributed by atoms with Crippen LogP contribution in [0.1, 0.15) is 22.0 Å². The molecule has 1 amide bonds. The lowest BCUT2D eigenvalue weighted by Crippen LogP contribution is -2.16. The van der Waals surface area contributed by atoms with Gasteiger partial charge >= 0.3 is 0 Å². The van der Waals surface area contributed by atoms with Crippen molar-refractivity contribution >= 4 is 34.5 Å². The molecule has 2 heterocycles. The summed E-state index contributed by atoms with van der Waals surface area (Å²) in [6, 6.07) is 10.1. The van der Waals surface area contributed by atoms with E-state index in [-0.39, 0.29) is 11.9 Å². The Morgan fingerprint density at radius 2 is 2.21 bits per heavy atom. The van der Waals surface area contributed by atoms with Crippen LogP contribution in [0.5, 0.6) is 0 Å². The third kappa shape index (κ3) is 2.39. The molecule has 0 fully saturated rings. The van der Waals surface area contributed by atoms with Crippen molar-refractivity contribution in [3.05, 3.63) is 50.7 Å². The summed E-state index contributed by atoms with van der Waals surface area (Å²) in [5, 5.41) is 6.14. The van der Waals surface area contributed by atoms with Crippen LogP contribution in [-0.2, 0) is 11.2 Å². The average Bonchev–Trinajstić information content (AvgIpc) is 2.95. The lowest BCUT2D eigenvalue weighted by atomic mass is 10.0. The Morgan fingerprint density at radius 1 is 1.37 bits per heavy atom. The molecule has 1 aliphatic heterocycles. The molecule has 19 heavy (non-hydrogen) atoms. The zero-order valence-electron chi connectivity index (χ0n) is 10.4. The standard InChI is InChI=1S/C14H13ClN2OS/c1-16-14(11-4-5-12(15)19-11)8-2-3-10-9(6-8)7-13(18)17-10/h2-6,14,16H,7H2,1H3,(H,17,18). The first-order chi connectivity index (χ1) is 9.17. The van der Waals surface area contributed by atoms with E-state index in [9.17, 15) is 4.79 Å². The molecule has 3 nitrogen and oxygen atoms in total. The molecule has 1 aliphatic rings. The molecule has 0 aliphatic carbocycles. The van der Waals surface area contributed by atoms with Crippen LogP contribution in [0, 0.1) is 0 Å². The highest BCUT2D eigenvalue weighted by Gasteiger charge is 2.20. The lowest BCUT2D eigenvalue weighted by Gasteiger charge is -2.16.